The summed E-state index contributed by atoms with van der Waals surface area (Å²) in [4.78, 5) is 12.8. The van der Waals surface area contributed by atoms with Crippen LogP contribution in [0.25, 0.3) is 5.69 Å². The van der Waals surface area contributed by atoms with Crippen molar-refractivity contribution in [2.45, 2.75) is 33.4 Å². The van der Waals surface area contributed by atoms with Crippen molar-refractivity contribution in [3.63, 3.8) is 0 Å². The minimum absolute atomic E-state index is 0.499. The fourth-order valence-electron chi connectivity index (χ4n) is 2.25. The Labute approximate surface area is 124 Å². The van der Waals surface area contributed by atoms with E-state index in [0.717, 1.165) is 22.6 Å². The summed E-state index contributed by atoms with van der Waals surface area (Å²) >= 11 is 0. The Morgan fingerprint density at radius 2 is 1.95 bits per heavy atom. The minimum atomic E-state index is -0.809. The number of hydrogen-bond acceptors (Lipinski definition) is 3. The largest absolute Gasteiger partial charge is 0.480 e. The van der Waals surface area contributed by atoms with Crippen LogP contribution in [0.4, 0.5) is 0 Å². The van der Waals surface area contributed by atoms with Crippen molar-refractivity contribution in [2.75, 3.05) is 7.05 Å². The second-order valence-electron chi connectivity index (χ2n) is 5.43. The van der Waals surface area contributed by atoms with Gasteiger partial charge in [0.15, 0.2) is 0 Å². The van der Waals surface area contributed by atoms with E-state index in [-0.39, 0.29) is 0 Å². The fourth-order valence-corrected chi connectivity index (χ4v) is 2.25. The van der Waals surface area contributed by atoms with Crippen molar-refractivity contribution in [1.82, 2.24) is 14.7 Å². The topological polar surface area (TPSA) is 58.4 Å². The first-order valence-corrected chi connectivity index (χ1v) is 6.94. The zero-order valence-electron chi connectivity index (χ0n) is 12.9. The summed E-state index contributed by atoms with van der Waals surface area (Å²) in [7, 11) is 1.81. The van der Waals surface area contributed by atoms with Gasteiger partial charge in [-0.3, -0.25) is 9.69 Å². The van der Waals surface area contributed by atoms with E-state index in [1.54, 1.807) is 11.8 Å². The van der Waals surface area contributed by atoms with Crippen LogP contribution in [-0.2, 0) is 11.3 Å². The van der Waals surface area contributed by atoms with E-state index in [0.29, 0.717) is 6.54 Å². The predicted molar refractivity (Wildman–Crippen MR) is 81.6 cm³/mol. The molecule has 0 aliphatic heterocycles. The molecule has 5 nitrogen and oxygen atoms in total. The lowest BCUT2D eigenvalue weighted by Gasteiger charge is -2.21. The first-order valence-electron chi connectivity index (χ1n) is 6.94. The molecule has 1 atom stereocenters. The second-order valence-corrected chi connectivity index (χ2v) is 5.43. The molecule has 1 N–H and O–H groups in total. The highest BCUT2D eigenvalue weighted by Crippen LogP contribution is 2.14. The molecule has 21 heavy (non-hydrogen) atoms. The predicted octanol–water partition coefficient (Wildman–Crippen LogP) is 2.39. The number of aromatic nitrogens is 2. The summed E-state index contributed by atoms with van der Waals surface area (Å²) < 4.78 is 1.91. The molecule has 112 valence electrons. The number of likely N-dealkylation sites (N-methyl/N-ethyl adjacent to an activating group) is 1. The molecule has 5 heteroatoms. The van der Waals surface area contributed by atoms with Crippen LogP contribution in [-0.4, -0.2) is 38.8 Å². The normalized spacial score (nSPS) is 12.6. The van der Waals surface area contributed by atoms with Gasteiger partial charge in [-0.15, -0.1) is 0 Å². The van der Waals surface area contributed by atoms with Crippen LogP contribution >= 0.6 is 0 Å². The van der Waals surface area contributed by atoms with E-state index in [2.05, 4.69) is 5.10 Å². The highest BCUT2D eigenvalue weighted by atomic mass is 16.4. The quantitative estimate of drug-likeness (QED) is 0.917. The number of carbonyl (C=O) groups is 1. The first kappa shape index (κ1) is 15.3. The Kier molecular flexibility index (Phi) is 4.43. The van der Waals surface area contributed by atoms with Crippen molar-refractivity contribution >= 4 is 5.97 Å². The zero-order valence-corrected chi connectivity index (χ0v) is 12.9. The van der Waals surface area contributed by atoms with Gasteiger partial charge in [0.05, 0.1) is 11.4 Å². The number of hydrogen-bond donors (Lipinski definition) is 1. The molecule has 0 saturated carbocycles. The van der Waals surface area contributed by atoms with Crippen LogP contribution in [0.5, 0.6) is 0 Å². The lowest BCUT2D eigenvalue weighted by atomic mass is 10.1. The lowest BCUT2D eigenvalue weighted by molar-refractivity contribution is -0.142. The van der Waals surface area contributed by atoms with Gasteiger partial charge in [0.25, 0.3) is 0 Å². The molecule has 0 amide bonds. The van der Waals surface area contributed by atoms with E-state index in [9.17, 15) is 4.79 Å². The number of carboxylic acid groups (broad SMARTS) is 1. The van der Waals surface area contributed by atoms with Gasteiger partial charge in [0.1, 0.15) is 6.04 Å². The van der Waals surface area contributed by atoms with Gasteiger partial charge in [-0.05, 0) is 51.6 Å². The SMILES string of the molecule is Cc1cc(C)n(-c2ccc(CN(C)C(C)C(=O)O)cc2)n1. The standard InChI is InChI=1S/C16H21N3O2/c1-11-9-12(2)19(17-11)15-7-5-14(6-8-15)10-18(4)13(3)16(20)21/h5-9,13H,10H2,1-4H3,(H,20,21). The molecule has 1 unspecified atom stereocenters. The molecule has 1 aromatic carbocycles. The third kappa shape index (κ3) is 3.49. The monoisotopic (exact) mass is 287 g/mol. The first-order chi connectivity index (χ1) is 9.88. The van der Waals surface area contributed by atoms with Crippen LogP contribution in [0, 0.1) is 13.8 Å². The summed E-state index contributed by atoms with van der Waals surface area (Å²) in [5.74, 6) is -0.809. The molecule has 1 heterocycles. The molecule has 0 saturated heterocycles. The zero-order chi connectivity index (χ0) is 15.6. The van der Waals surface area contributed by atoms with Crippen LogP contribution < -0.4 is 0 Å². The summed E-state index contributed by atoms with van der Waals surface area (Å²) in [6.45, 7) is 6.29. The number of carboxylic acids is 1. The molecule has 0 radical (unpaired) electrons. The third-order valence-corrected chi connectivity index (χ3v) is 3.64. The van der Waals surface area contributed by atoms with Crippen LogP contribution in [0.15, 0.2) is 30.3 Å². The lowest BCUT2D eigenvalue weighted by Crippen LogP contribution is -2.35. The van der Waals surface area contributed by atoms with Gasteiger partial charge < -0.3 is 5.11 Å². The van der Waals surface area contributed by atoms with Gasteiger partial charge in [-0.25, -0.2) is 4.68 Å². The number of aliphatic carboxylic acids is 1. The van der Waals surface area contributed by atoms with Gasteiger partial charge in [-0.2, -0.15) is 5.10 Å². The smallest absolute Gasteiger partial charge is 0.320 e. The molecule has 0 aliphatic carbocycles. The van der Waals surface area contributed by atoms with E-state index in [1.165, 1.54) is 0 Å². The molecule has 2 rings (SSSR count). The Morgan fingerprint density at radius 3 is 2.43 bits per heavy atom. The van der Waals surface area contributed by atoms with Crippen molar-refractivity contribution in [3.05, 3.63) is 47.3 Å². The average molecular weight is 287 g/mol. The van der Waals surface area contributed by atoms with E-state index >= 15 is 0 Å². The Hall–Kier alpha value is -2.14. The highest BCUT2D eigenvalue weighted by Gasteiger charge is 2.16. The molecular formula is C16H21N3O2. The molecule has 0 fully saturated rings. The maximum absolute atomic E-state index is 11.0. The molecule has 0 bridgehead atoms. The van der Waals surface area contributed by atoms with Crippen LogP contribution in [0.2, 0.25) is 0 Å². The van der Waals surface area contributed by atoms with Gasteiger partial charge in [-0.1, -0.05) is 12.1 Å². The summed E-state index contributed by atoms with van der Waals surface area (Å²) in [6.07, 6.45) is 0. The Morgan fingerprint density at radius 1 is 1.33 bits per heavy atom. The minimum Gasteiger partial charge on any atom is -0.480 e. The summed E-state index contributed by atoms with van der Waals surface area (Å²) in [6, 6.07) is 9.58. The van der Waals surface area contributed by atoms with Gasteiger partial charge >= 0.3 is 5.97 Å². The second kappa shape index (κ2) is 6.10. The molecule has 0 aliphatic rings. The van der Waals surface area contributed by atoms with Crippen LogP contribution in [0.3, 0.4) is 0 Å². The van der Waals surface area contributed by atoms with Gasteiger partial charge in [0.2, 0.25) is 0 Å². The summed E-state index contributed by atoms with van der Waals surface area (Å²) in [5.41, 5.74) is 4.18. The van der Waals surface area contributed by atoms with Gasteiger partial charge in [0, 0.05) is 12.2 Å². The third-order valence-electron chi connectivity index (χ3n) is 3.64. The van der Waals surface area contributed by atoms with Crippen molar-refractivity contribution < 1.29 is 9.90 Å². The number of benzene rings is 1. The molecule has 0 spiro atoms. The van der Waals surface area contributed by atoms with Crippen LogP contribution in [0.1, 0.15) is 23.9 Å². The average Bonchev–Trinajstić information content (AvgIpc) is 2.77. The van der Waals surface area contributed by atoms with Crippen molar-refractivity contribution in [1.29, 1.82) is 0 Å². The van der Waals surface area contributed by atoms with E-state index in [4.69, 9.17) is 5.11 Å². The van der Waals surface area contributed by atoms with Crippen molar-refractivity contribution in [3.8, 4) is 5.69 Å². The number of rotatable bonds is 5. The maximum atomic E-state index is 11.0. The maximum Gasteiger partial charge on any atom is 0.320 e. The Bertz CT molecular complexity index is 631. The summed E-state index contributed by atoms with van der Waals surface area (Å²) in [5, 5.41) is 13.5. The fraction of sp³-hybridized carbons (Fsp3) is 0.375. The highest BCUT2D eigenvalue weighted by molar-refractivity contribution is 5.72. The van der Waals surface area contributed by atoms with E-state index in [1.807, 2.05) is 55.9 Å². The van der Waals surface area contributed by atoms with Crippen molar-refractivity contribution in [2.24, 2.45) is 0 Å². The molecule has 1 aromatic heterocycles. The number of nitrogens with zero attached hydrogens (tertiary/aromatic N) is 3. The molecule has 2 aromatic rings. The number of aryl methyl sites for hydroxylation is 2. The van der Waals surface area contributed by atoms with E-state index < -0.39 is 12.0 Å². The molecular weight excluding hydrogens is 266 g/mol. The Balaban J connectivity index is 2.12.